The molecule has 2 rings (SSSR count). The van der Waals surface area contributed by atoms with E-state index in [1.54, 1.807) is 11.9 Å². The number of carbonyl (C=O) groups excluding carboxylic acids is 2. The van der Waals surface area contributed by atoms with Crippen LogP contribution in [-0.2, 0) is 19.4 Å². The summed E-state index contributed by atoms with van der Waals surface area (Å²) in [5.41, 5.74) is -0.545. The molecule has 0 radical (unpaired) electrons. The molecule has 11 heteroatoms. The Labute approximate surface area is 148 Å². The maximum Gasteiger partial charge on any atom is 0.243 e. The molecule has 1 aliphatic heterocycles. The van der Waals surface area contributed by atoms with Crippen LogP contribution in [-0.4, -0.2) is 62.8 Å². The number of anilines is 1. The van der Waals surface area contributed by atoms with Crippen LogP contribution in [0.5, 0.6) is 0 Å². The maximum absolute atomic E-state index is 13.5. The fourth-order valence-corrected chi connectivity index (χ4v) is 4.34. The molecule has 7 nitrogen and oxygen atoms in total. The van der Waals surface area contributed by atoms with Crippen LogP contribution in [0.25, 0.3) is 0 Å². The maximum atomic E-state index is 13.5. The molecule has 1 atom stereocenters. The van der Waals surface area contributed by atoms with Crippen molar-refractivity contribution in [3.05, 3.63) is 29.6 Å². The molecule has 1 aliphatic rings. The van der Waals surface area contributed by atoms with Gasteiger partial charge in [-0.1, -0.05) is 0 Å². The van der Waals surface area contributed by atoms with E-state index in [1.165, 1.54) is 0 Å². The first-order chi connectivity index (χ1) is 12.1. The molecule has 144 valence electrons. The van der Waals surface area contributed by atoms with E-state index in [9.17, 15) is 31.2 Å². The zero-order valence-electron chi connectivity index (χ0n) is 13.9. The predicted octanol–water partition coefficient (Wildman–Crippen LogP) is 0.277. The number of sulfone groups is 1. The average Bonchev–Trinajstić information content (AvgIpc) is 2.93. The highest BCUT2D eigenvalue weighted by molar-refractivity contribution is 7.91. The fourth-order valence-electron chi connectivity index (χ4n) is 2.53. The van der Waals surface area contributed by atoms with Crippen molar-refractivity contribution in [2.24, 2.45) is 0 Å². The molecule has 1 fully saturated rings. The number of nitrogens with zero attached hydrogens (tertiary/aromatic N) is 1. The number of carbonyl (C=O) groups is 2. The Morgan fingerprint density at radius 2 is 1.88 bits per heavy atom. The Kier molecular flexibility index (Phi) is 6.24. The summed E-state index contributed by atoms with van der Waals surface area (Å²) in [6, 6.07) is 1.26. The van der Waals surface area contributed by atoms with Crippen LogP contribution in [0.2, 0.25) is 0 Å². The molecule has 1 aromatic carbocycles. The van der Waals surface area contributed by atoms with E-state index < -0.39 is 51.3 Å². The molecule has 0 aliphatic carbocycles. The van der Waals surface area contributed by atoms with Gasteiger partial charge in [-0.05, 0) is 25.6 Å². The fraction of sp³-hybridized carbons (Fsp3) is 0.467. The van der Waals surface area contributed by atoms with Gasteiger partial charge in [0.2, 0.25) is 11.8 Å². The summed E-state index contributed by atoms with van der Waals surface area (Å²) in [5, 5.41) is 4.32. The monoisotopic (exact) mass is 393 g/mol. The van der Waals surface area contributed by atoms with Crippen molar-refractivity contribution in [2.45, 2.75) is 12.5 Å². The molecule has 2 amide bonds. The third-order valence-corrected chi connectivity index (χ3v) is 5.73. The normalized spacial score (nSPS) is 18.7. The van der Waals surface area contributed by atoms with Crippen molar-refractivity contribution in [2.75, 3.05) is 37.0 Å². The third kappa shape index (κ3) is 5.18. The largest absolute Gasteiger partial charge is 0.346 e. The van der Waals surface area contributed by atoms with E-state index in [-0.39, 0.29) is 24.1 Å². The summed E-state index contributed by atoms with van der Waals surface area (Å²) in [7, 11) is -1.48. The summed E-state index contributed by atoms with van der Waals surface area (Å²) >= 11 is 0. The first kappa shape index (κ1) is 20.2. The van der Waals surface area contributed by atoms with Gasteiger partial charge in [0.25, 0.3) is 0 Å². The summed E-state index contributed by atoms with van der Waals surface area (Å²) in [6.07, 6.45) is 0.433. The van der Waals surface area contributed by atoms with Crippen molar-refractivity contribution in [3.63, 3.8) is 0 Å². The molecule has 0 saturated carbocycles. The smallest absolute Gasteiger partial charge is 0.243 e. The number of nitrogens with one attached hydrogen (secondary N) is 2. The first-order valence-electron chi connectivity index (χ1n) is 7.70. The third-order valence-electron chi connectivity index (χ3n) is 3.98. The Morgan fingerprint density at radius 3 is 2.50 bits per heavy atom. The van der Waals surface area contributed by atoms with Crippen LogP contribution >= 0.6 is 0 Å². The minimum Gasteiger partial charge on any atom is -0.346 e. The highest BCUT2D eigenvalue weighted by atomic mass is 32.2. The Hall–Kier alpha value is -2.14. The molecule has 1 heterocycles. The number of likely N-dealkylation sites (N-methyl/N-ethyl adjacent to an activating group) is 1. The van der Waals surface area contributed by atoms with Crippen LogP contribution in [0.1, 0.15) is 6.42 Å². The van der Waals surface area contributed by atoms with E-state index in [4.69, 9.17) is 0 Å². The zero-order chi connectivity index (χ0) is 19.5. The number of rotatable bonds is 6. The quantitative estimate of drug-likeness (QED) is 0.677. The molecule has 2 N–H and O–H groups in total. The van der Waals surface area contributed by atoms with Gasteiger partial charge >= 0.3 is 0 Å². The zero-order valence-corrected chi connectivity index (χ0v) is 14.7. The van der Waals surface area contributed by atoms with Crippen LogP contribution < -0.4 is 10.6 Å². The lowest BCUT2D eigenvalue weighted by Gasteiger charge is -2.22. The summed E-state index contributed by atoms with van der Waals surface area (Å²) in [5.74, 6) is -5.93. The van der Waals surface area contributed by atoms with Gasteiger partial charge in [-0.2, -0.15) is 0 Å². The van der Waals surface area contributed by atoms with Crippen molar-refractivity contribution in [1.82, 2.24) is 10.2 Å². The van der Waals surface area contributed by atoms with Crippen LogP contribution in [0.4, 0.5) is 18.9 Å². The predicted molar refractivity (Wildman–Crippen MR) is 87.6 cm³/mol. The molecule has 26 heavy (non-hydrogen) atoms. The van der Waals surface area contributed by atoms with Crippen molar-refractivity contribution in [3.8, 4) is 0 Å². The highest BCUT2D eigenvalue weighted by Crippen LogP contribution is 2.19. The second-order valence-electron chi connectivity index (χ2n) is 6.02. The van der Waals surface area contributed by atoms with Crippen LogP contribution in [0, 0.1) is 17.5 Å². The summed E-state index contributed by atoms with van der Waals surface area (Å²) < 4.78 is 62.2. The van der Waals surface area contributed by atoms with Gasteiger partial charge in [0.15, 0.2) is 27.3 Å². The minimum atomic E-state index is -3.08. The number of hydrogen-bond donors (Lipinski definition) is 2. The molecule has 0 unspecified atom stereocenters. The molecule has 1 saturated heterocycles. The van der Waals surface area contributed by atoms with E-state index in [0.717, 1.165) is 6.07 Å². The lowest BCUT2D eigenvalue weighted by molar-refractivity contribution is -0.125. The van der Waals surface area contributed by atoms with Gasteiger partial charge in [-0.25, -0.2) is 21.6 Å². The number of halogens is 3. The molecule has 0 bridgehead atoms. The summed E-state index contributed by atoms with van der Waals surface area (Å²) in [4.78, 5) is 25.1. The topological polar surface area (TPSA) is 95.6 Å². The van der Waals surface area contributed by atoms with Gasteiger partial charge < -0.3 is 10.6 Å². The van der Waals surface area contributed by atoms with Crippen molar-refractivity contribution < 1.29 is 31.2 Å². The van der Waals surface area contributed by atoms with Gasteiger partial charge in [0.05, 0.1) is 30.3 Å². The Bertz CT molecular complexity index is 817. The van der Waals surface area contributed by atoms with Gasteiger partial charge in [0, 0.05) is 6.04 Å². The molecule has 0 spiro atoms. The van der Waals surface area contributed by atoms with Gasteiger partial charge in [0.1, 0.15) is 0 Å². The summed E-state index contributed by atoms with van der Waals surface area (Å²) in [6.45, 7) is -0.624. The van der Waals surface area contributed by atoms with Crippen molar-refractivity contribution in [1.29, 1.82) is 0 Å². The lowest BCUT2D eigenvalue weighted by Crippen LogP contribution is -2.43. The first-order valence-corrected chi connectivity index (χ1v) is 9.52. The SMILES string of the molecule is CN(CC(=O)NCC(=O)Nc1ccc(F)c(F)c1F)[C@H]1CCS(=O)(=O)C1. The number of amides is 2. The minimum absolute atomic E-state index is 0.0212. The van der Waals surface area contributed by atoms with E-state index in [1.807, 2.05) is 5.32 Å². The van der Waals surface area contributed by atoms with Crippen LogP contribution in [0.3, 0.4) is 0 Å². The molecule has 1 aromatic rings. The molecular weight excluding hydrogens is 375 g/mol. The molecule has 0 aromatic heterocycles. The van der Waals surface area contributed by atoms with E-state index >= 15 is 0 Å². The standard InChI is InChI=1S/C15H18F3N3O4S/c1-21(9-4-5-26(24,25)8-9)7-13(23)19-6-12(22)20-11-3-2-10(16)14(17)15(11)18/h2-3,9H,4-8H2,1H3,(H,19,23)(H,20,22)/t9-/m0/s1. The lowest BCUT2D eigenvalue weighted by atomic mass is 10.2. The van der Waals surface area contributed by atoms with Crippen LogP contribution in [0.15, 0.2) is 12.1 Å². The van der Waals surface area contributed by atoms with Gasteiger partial charge in [-0.3, -0.25) is 14.5 Å². The highest BCUT2D eigenvalue weighted by Gasteiger charge is 2.31. The Morgan fingerprint density at radius 1 is 1.19 bits per heavy atom. The second kappa shape index (κ2) is 8.04. The number of benzene rings is 1. The molecular formula is C15H18F3N3O4S. The number of hydrogen-bond acceptors (Lipinski definition) is 5. The van der Waals surface area contributed by atoms with E-state index in [2.05, 4.69) is 5.32 Å². The van der Waals surface area contributed by atoms with Gasteiger partial charge in [-0.15, -0.1) is 0 Å². The Balaban J connectivity index is 1.80. The van der Waals surface area contributed by atoms with E-state index in [0.29, 0.717) is 12.5 Å². The average molecular weight is 393 g/mol. The second-order valence-corrected chi connectivity index (χ2v) is 8.25. The van der Waals surface area contributed by atoms with Crippen molar-refractivity contribution >= 4 is 27.3 Å².